The molecule has 1 aromatic rings. The van der Waals surface area contributed by atoms with Gasteiger partial charge in [0.1, 0.15) is 0 Å². The Morgan fingerprint density at radius 2 is 1.81 bits per heavy atom. The Bertz CT molecular complexity index is 374. The molecule has 2 heteroatoms. The van der Waals surface area contributed by atoms with Crippen molar-refractivity contribution in [1.29, 1.82) is 0 Å². The van der Waals surface area contributed by atoms with E-state index < -0.39 is 0 Å². The molecule has 0 unspecified atom stereocenters. The maximum atomic E-state index is 12.0. The van der Waals surface area contributed by atoms with E-state index in [0.29, 0.717) is 6.42 Å². The van der Waals surface area contributed by atoms with Crippen LogP contribution in [0.25, 0.3) is 0 Å². The first-order valence-electron chi connectivity index (χ1n) is 5.98. The minimum absolute atomic E-state index is 0.185. The summed E-state index contributed by atoms with van der Waals surface area (Å²) in [5, 5.41) is 0. The third-order valence-electron chi connectivity index (χ3n) is 3.49. The number of carbonyl (C=O) groups excluding carboxylic acids is 1. The number of Topliss-reactive ketones (excluding diaryl/α,β-unsaturated/α-hetero) is 1. The molecule has 1 aromatic carbocycles. The molecule has 1 saturated carbocycles. The Balaban J connectivity index is 2.05. The van der Waals surface area contributed by atoms with Crippen LogP contribution < -0.4 is 5.73 Å². The van der Waals surface area contributed by atoms with Crippen molar-refractivity contribution < 1.29 is 4.79 Å². The van der Waals surface area contributed by atoms with E-state index in [1.165, 1.54) is 5.56 Å². The van der Waals surface area contributed by atoms with E-state index in [0.717, 1.165) is 31.2 Å². The topological polar surface area (TPSA) is 43.1 Å². The average molecular weight is 217 g/mol. The summed E-state index contributed by atoms with van der Waals surface area (Å²) in [6.45, 7) is 2.02. The van der Waals surface area contributed by atoms with Crippen molar-refractivity contribution in [2.24, 2.45) is 5.73 Å². The summed E-state index contributed by atoms with van der Waals surface area (Å²) < 4.78 is 0. The number of rotatable bonds is 3. The zero-order valence-electron chi connectivity index (χ0n) is 9.83. The molecule has 2 rings (SSSR count). The predicted molar refractivity (Wildman–Crippen MR) is 65.5 cm³/mol. The minimum atomic E-state index is -0.234. The number of ketones is 1. The first-order valence-corrected chi connectivity index (χ1v) is 5.98. The summed E-state index contributed by atoms with van der Waals surface area (Å²) in [7, 11) is 0. The second kappa shape index (κ2) is 4.38. The lowest BCUT2D eigenvalue weighted by Crippen LogP contribution is -2.38. The zero-order chi connectivity index (χ0) is 11.6. The maximum absolute atomic E-state index is 12.0. The van der Waals surface area contributed by atoms with Crippen LogP contribution in [-0.2, 0) is 0 Å². The van der Waals surface area contributed by atoms with E-state index in [9.17, 15) is 4.79 Å². The third-order valence-corrected chi connectivity index (χ3v) is 3.49. The first-order chi connectivity index (χ1) is 7.59. The lowest BCUT2D eigenvalue weighted by atomic mass is 9.90. The smallest absolute Gasteiger partial charge is 0.164 e. The highest BCUT2D eigenvalue weighted by molar-refractivity contribution is 5.96. The predicted octanol–water partition coefficient (Wildman–Crippen LogP) is 2.84. The molecule has 1 aliphatic rings. The van der Waals surface area contributed by atoms with E-state index in [4.69, 9.17) is 5.73 Å². The van der Waals surface area contributed by atoms with Crippen LogP contribution in [0.3, 0.4) is 0 Å². The second-order valence-electron chi connectivity index (χ2n) is 5.04. The fourth-order valence-corrected chi connectivity index (χ4v) is 2.42. The van der Waals surface area contributed by atoms with Gasteiger partial charge in [0.25, 0.3) is 0 Å². The van der Waals surface area contributed by atoms with Gasteiger partial charge in [-0.15, -0.1) is 0 Å². The highest BCUT2D eigenvalue weighted by Crippen LogP contribution is 2.31. The Morgan fingerprint density at radius 1 is 1.25 bits per heavy atom. The second-order valence-corrected chi connectivity index (χ2v) is 5.04. The number of benzene rings is 1. The number of hydrogen-bond donors (Lipinski definition) is 1. The molecular weight excluding hydrogens is 198 g/mol. The van der Waals surface area contributed by atoms with Crippen LogP contribution in [-0.4, -0.2) is 11.3 Å². The number of carbonyl (C=O) groups is 1. The van der Waals surface area contributed by atoms with Gasteiger partial charge in [0.2, 0.25) is 0 Å². The van der Waals surface area contributed by atoms with Crippen LogP contribution in [0.15, 0.2) is 24.3 Å². The molecule has 0 bridgehead atoms. The van der Waals surface area contributed by atoms with Crippen molar-refractivity contribution in [2.75, 3.05) is 0 Å². The van der Waals surface area contributed by atoms with Crippen molar-refractivity contribution in [3.63, 3.8) is 0 Å². The molecule has 0 heterocycles. The Kier molecular flexibility index (Phi) is 3.10. The monoisotopic (exact) mass is 217 g/mol. The third kappa shape index (κ3) is 2.50. The molecule has 0 radical (unpaired) electrons. The number of nitrogens with two attached hydrogens (primary N) is 1. The van der Waals surface area contributed by atoms with E-state index in [1.807, 2.05) is 31.2 Å². The fourth-order valence-electron chi connectivity index (χ4n) is 2.42. The van der Waals surface area contributed by atoms with Crippen molar-refractivity contribution >= 4 is 5.78 Å². The number of aryl methyl sites for hydroxylation is 1. The summed E-state index contributed by atoms with van der Waals surface area (Å²) in [4.78, 5) is 12.0. The van der Waals surface area contributed by atoms with Gasteiger partial charge in [0.05, 0.1) is 0 Å². The van der Waals surface area contributed by atoms with E-state index in [2.05, 4.69) is 0 Å². The maximum Gasteiger partial charge on any atom is 0.164 e. The minimum Gasteiger partial charge on any atom is -0.325 e. The van der Waals surface area contributed by atoms with E-state index in [1.54, 1.807) is 0 Å². The van der Waals surface area contributed by atoms with Gasteiger partial charge < -0.3 is 5.73 Å². The molecular formula is C14H19NO. The Labute approximate surface area is 96.8 Å². The van der Waals surface area contributed by atoms with Gasteiger partial charge >= 0.3 is 0 Å². The lowest BCUT2D eigenvalue weighted by Gasteiger charge is -2.22. The summed E-state index contributed by atoms with van der Waals surface area (Å²) in [6, 6.07) is 7.75. The first kappa shape index (κ1) is 11.3. The van der Waals surface area contributed by atoms with Gasteiger partial charge in [-0.05, 0) is 19.8 Å². The largest absolute Gasteiger partial charge is 0.325 e. The van der Waals surface area contributed by atoms with Crippen molar-refractivity contribution in [3.8, 4) is 0 Å². The summed E-state index contributed by atoms with van der Waals surface area (Å²) in [6.07, 6.45) is 4.81. The van der Waals surface area contributed by atoms with Gasteiger partial charge in [0.15, 0.2) is 5.78 Å². The molecule has 0 aliphatic heterocycles. The number of hydrogen-bond acceptors (Lipinski definition) is 2. The molecule has 0 atom stereocenters. The van der Waals surface area contributed by atoms with Crippen LogP contribution >= 0.6 is 0 Å². The summed E-state index contributed by atoms with van der Waals surface area (Å²) in [5.74, 6) is 0.185. The van der Waals surface area contributed by atoms with Crippen LogP contribution in [0.4, 0.5) is 0 Å². The molecule has 1 aliphatic carbocycles. The van der Waals surface area contributed by atoms with Crippen LogP contribution in [0.5, 0.6) is 0 Å². The molecule has 0 aromatic heterocycles. The fraction of sp³-hybridized carbons (Fsp3) is 0.500. The zero-order valence-corrected chi connectivity index (χ0v) is 9.83. The van der Waals surface area contributed by atoms with Gasteiger partial charge in [0, 0.05) is 17.5 Å². The van der Waals surface area contributed by atoms with Crippen molar-refractivity contribution in [2.45, 2.75) is 44.6 Å². The molecule has 0 saturated heterocycles. The highest BCUT2D eigenvalue weighted by atomic mass is 16.1. The normalized spacial score (nSPS) is 18.6. The molecule has 2 nitrogen and oxygen atoms in total. The Morgan fingerprint density at radius 3 is 2.38 bits per heavy atom. The quantitative estimate of drug-likeness (QED) is 0.791. The van der Waals surface area contributed by atoms with Crippen LogP contribution in [0.1, 0.15) is 48.0 Å². The van der Waals surface area contributed by atoms with E-state index >= 15 is 0 Å². The SMILES string of the molecule is Cc1ccc(C(=O)CC2(N)CCCC2)cc1. The van der Waals surface area contributed by atoms with Gasteiger partial charge in [-0.25, -0.2) is 0 Å². The summed E-state index contributed by atoms with van der Waals surface area (Å²) in [5.41, 5.74) is 7.95. The van der Waals surface area contributed by atoms with Gasteiger partial charge in [-0.1, -0.05) is 42.7 Å². The van der Waals surface area contributed by atoms with Crippen LogP contribution in [0.2, 0.25) is 0 Å². The van der Waals surface area contributed by atoms with Gasteiger partial charge in [-0.3, -0.25) is 4.79 Å². The Hall–Kier alpha value is -1.15. The van der Waals surface area contributed by atoms with E-state index in [-0.39, 0.29) is 11.3 Å². The molecule has 1 fully saturated rings. The van der Waals surface area contributed by atoms with Crippen molar-refractivity contribution in [1.82, 2.24) is 0 Å². The highest BCUT2D eigenvalue weighted by Gasteiger charge is 2.31. The molecule has 0 amide bonds. The summed E-state index contributed by atoms with van der Waals surface area (Å²) >= 11 is 0. The van der Waals surface area contributed by atoms with Gasteiger partial charge in [-0.2, -0.15) is 0 Å². The van der Waals surface area contributed by atoms with Crippen molar-refractivity contribution in [3.05, 3.63) is 35.4 Å². The average Bonchev–Trinajstić information content (AvgIpc) is 2.65. The van der Waals surface area contributed by atoms with Crippen LogP contribution in [0, 0.1) is 6.92 Å². The standard InChI is InChI=1S/C14H19NO/c1-11-4-6-12(7-5-11)13(16)10-14(15)8-2-3-9-14/h4-7H,2-3,8-10,15H2,1H3. The molecule has 2 N–H and O–H groups in total. The molecule has 86 valence electrons. The molecule has 16 heavy (non-hydrogen) atoms. The lowest BCUT2D eigenvalue weighted by molar-refractivity contribution is 0.0952. The molecule has 0 spiro atoms.